The highest BCUT2D eigenvalue weighted by atomic mass is 32.1. The van der Waals surface area contributed by atoms with Crippen LogP contribution in [0.25, 0.3) is 0 Å². The average Bonchev–Trinajstić information content (AvgIpc) is 2.91. The minimum atomic E-state index is 0.663. The van der Waals surface area contributed by atoms with E-state index in [1.807, 2.05) is 11.6 Å². The Morgan fingerprint density at radius 2 is 1.85 bits per heavy atom. The molecule has 1 aromatic heterocycles. The molecule has 5 nitrogen and oxygen atoms in total. The van der Waals surface area contributed by atoms with Gasteiger partial charge in [0, 0.05) is 6.54 Å². The molecule has 0 bridgehead atoms. The highest BCUT2D eigenvalue weighted by Crippen LogP contribution is 2.21. The van der Waals surface area contributed by atoms with Crippen LogP contribution in [0, 0.1) is 20.8 Å². The number of hydrogen-bond acceptors (Lipinski definition) is 3. The predicted molar refractivity (Wildman–Crippen MR) is 119 cm³/mol. The molecule has 0 saturated heterocycles. The van der Waals surface area contributed by atoms with E-state index in [1.165, 1.54) is 11.1 Å². The topological polar surface area (TPSA) is 45.1 Å². The van der Waals surface area contributed by atoms with Crippen molar-refractivity contribution in [3.05, 3.63) is 46.8 Å². The molecule has 0 atom stereocenters. The van der Waals surface area contributed by atoms with Crippen LogP contribution < -0.4 is 10.6 Å². The number of aryl methyl sites for hydroxylation is 2. The van der Waals surface area contributed by atoms with Gasteiger partial charge in [-0.25, -0.2) is 0 Å². The number of nitrogens with one attached hydrogen (secondary N) is 2. The van der Waals surface area contributed by atoms with E-state index in [1.54, 1.807) is 0 Å². The molecule has 0 fully saturated rings. The van der Waals surface area contributed by atoms with Gasteiger partial charge >= 0.3 is 0 Å². The van der Waals surface area contributed by atoms with Crippen LogP contribution in [-0.2, 0) is 6.54 Å². The largest absolute Gasteiger partial charge is 0.362 e. The number of benzene rings is 1. The molecule has 1 heterocycles. The van der Waals surface area contributed by atoms with Gasteiger partial charge < -0.3 is 15.5 Å². The Balaban J connectivity index is 1.92. The molecule has 2 rings (SSSR count). The molecule has 0 aliphatic carbocycles. The van der Waals surface area contributed by atoms with Crippen molar-refractivity contribution < 1.29 is 0 Å². The fourth-order valence-corrected chi connectivity index (χ4v) is 3.39. The van der Waals surface area contributed by atoms with Crippen LogP contribution in [0.5, 0.6) is 0 Å². The first-order chi connectivity index (χ1) is 13.0. The van der Waals surface area contributed by atoms with Gasteiger partial charge in [0.2, 0.25) is 0 Å². The zero-order chi connectivity index (χ0) is 19.8. The first-order valence-electron chi connectivity index (χ1n) is 9.81. The Morgan fingerprint density at radius 3 is 2.52 bits per heavy atom. The maximum atomic E-state index is 5.48. The maximum absolute atomic E-state index is 5.48. The quantitative estimate of drug-likeness (QED) is 0.505. The normalized spacial score (nSPS) is 11.0. The van der Waals surface area contributed by atoms with Gasteiger partial charge in [0.1, 0.15) is 0 Å². The second-order valence-electron chi connectivity index (χ2n) is 6.89. The number of thiocarbonyl (C=S) groups is 1. The lowest BCUT2D eigenvalue weighted by Crippen LogP contribution is -2.32. The minimum Gasteiger partial charge on any atom is -0.362 e. The third-order valence-electron chi connectivity index (χ3n) is 5.03. The van der Waals surface area contributed by atoms with Gasteiger partial charge in [-0.15, -0.1) is 0 Å². The van der Waals surface area contributed by atoms with E-state index in [0.29, 0.717) is 5.11 Å². The fourth-order valence-electron chi connectivity index (χ4n) is 3.18. The molecule has 0 spiro atoms. The van der Waals surface area contributed by atoms with E-state index in [-0.39, 0.29) is 0 Å². The summed E-state index contributed by atoms with van der Waals surface area (Å²) < 4.78 is 2.04. The van der Waals surface area contributed by atoms with E-state index in [9.17, 15) is 0 Å². The van der Waals surface area contributed by atoms with E-state index in [0.717, 1.165) is 56.2 Å². The van der Waals surface area contributed by atoms with E-state index in [4.69, 9.17) is 17.3 Å². The van der Waals surface area contributed by atoms with Crippen molar-refractivity contribution in [2.24, 2.45) is 0 Å². The Kier molecular flexibility index (Phi) is 8.25. The smallest absolute Gasteiger partial charge is 0.170 e. The van der Waals surface area contributed by atoms with Crippen LogP contribution in [0.3, 0.4) is 0 Å². The molecule has 0 saturated carbocycles. The SMILES string of the molecule is CCN(CC)CCCNC(=S)Nc1c(C)nn(Cc2ccccc2C)c1C. The lowest BCUT2D eigenvalue weighted by Gasteiger charge is -2.18. The number of rotatable bonds is 9. The Hall–Kier alpha value is -1.92. The average molecular weight is 388 g/mol. The number of hydrogen-bond donors (Lipinski definition) is 2. The summed E-state index contributed by atoms with van der Waals surface area (Å²) in [7, 11) is 0. The first-order valence-corrected chi connectivity index (χ1v) is 10.2. The second kappa shape index (κ2) is 10.4. The molecule has 0 amide bonds. The molecule has 2 N–H and O–H groups in total. The fraction of sp³-hybridized carbons (Fsp3) is 0.524. The summed E-state index contributed by atoms with van der Waals surface area (Å²) in [5, 5.41) is 12.0. The molecular formula is C21H33N5S. The van der Waals surface area contributed by atoms with Crippen molar-refractivity contribution in [3.63, 3.8) is 0 Å². The predicted octanol–water partition coefficient (Wildman–Crippen LogP) is 3.87. The third kappa shape index (κ3) is 6.04. The van der Waals surface area contributed by atoms with Crippen molar-refractivity contribution in [2.75, 3.05) is 31.5 Å². The van der Waals surface area contributed by atoms with Crippen molar-refractivity contribution >= 4 is 23.0 Å². The van der Waals surface area contributed by atoms with Crippen molar-refractivity contribution in [3.8, 4) is 0 Å². The van der Waals surface area contributed by atoms with Gasteiger partial charge in [-0.1, -0.05) is 38.1 Å². The molecule has 27 heavy (non-hydrogen) atoms. The molecule has 0 unspecified atom stereocenters. The Bertz CT molecular complexity index is 749. The van der Waals surface area contributed by atoms with Gasteiger partial charge in [-0.3, -0.25) is 4.68 Å². The summed E-state index contributed by atoms with van der Waals surface area (Å²) >= 11 is 5.48. The van der Waals surface area contributed by atoms with Crippen LogP contribution >= 0.6 is 12.2 Å². The summed E-state index contributed by atoms with van der Waals surface area (Å²) in [5.41, 5.74) is 5.64. The third-order valence-corrected chi connectivity index (χ3v) is 5.28. The molecule has 0 radical (unpaired) electrons. The molecule has 2 aromatic rings. The number of nitrogens with zero attached hydrogens (tertiary/aromatic N) is 3. The summed E-state index contributed by atoms with van der Waals surface area (Å²) in [6.45, 7) is 15.6. The van der Waals surface area contributed by atoms with Gasteiger partial charge in [0.15, 0.2) is 5.11 Å². The van der Waals surface area contributed by atoms with Gasteiger partial charge in [0.05, 0.1) is 23.6 Å². The van der Waals surface area contributed by atoms with Crippen LogP contribution in [0.4, 0.5) is 5.69 Å². The highest BCUT2D eigenvalue weighted by Gasteiger charge is 2.13. The summed E-state index contributed by atoms with van der Waals surface area (Å²) in [5.74, 6) is 0. The molecule has 148 valence electrons. The van der Waals surface area contributed by atoms with Gasteiger partial charge in [0.25, 0.3) is 0 Å². The summed E-state index contributed by atoms with van der Waals surface area (Å²) in [6, 6.07) is 8.43. The van der Waals surface area contributed by atoms with Crippen LogP contribution in [0.1, 0.15) is 42.8 Å². The number of anilines is 1. The molecule has 1 aromatic carbocycles. The van der Waals surface area contributed by atoms with Crippen molar-refractivity contribution in [1.29, 1.82) is 0 Å². The van der Waals surface area contributed by atoms with Crippen LogP contribution in [-0.4, -0.2) is 46.0 Å². The summed E-state index contributed by atoms with van der Waals surface area (Å²) in [6.07, 6.45) is 1.08. The van der Waals surface area contributed by atoms with E-state index >= 15 is 0 Å². The second-order valence-corrected chi connectivity index (χ2v) is 7.30. The lowest BCUT2D eigenvalue weighted by molar-refractivity contribution is 0.300. The Labute approximate surface area is 169 Å². The zero-order valence-electron chi connectivity index (χ0n) is 17.3. The van der Waals surface area contributed by atoms with Gasteiger partial charge in [-0.05, 0) is 70.2 Å². The van der Waals surface area contributed by atoms with Crippen molar-refractivity contribution in [2.45, 2.75) is 47.6 Å². The van der Waals surface area contributed by atoms with E-state index in [2.05, 4.69) is 67.5 Å². The number of aromatic nitrogens is 2. The van der Waals surface area contributed by atoms with Crippen molar-refractivity contribution in [1.82, 2.24) is 20.0 Å². The zero-order valence-corrected chi connectivity index (χ0v) is 18.1. The lowest BCUT2D eigenvalue weighted by atomic mass is 10.1. The van der Waals surface area contributed by atoms with E-state index < -0.39 is 0 Å². The standard InChI is InChI=1S/C21H33N5S/c1-6-25(7-2)14-10-13-22-21(27)23-20-17(4)24-26(18(20)5)15-19-12-9-8-11-16(19)3/h8-9,11-12H,6-7,10,13-15H2,1-5H3,(H2,22,23,27). The minimum absolute atomic E-state index is 0.663. The highest BCUT2D eigenvalue weighted by molar-refractivity contribution is 7.80. The molecule has 0 aliphatic rings. The molecule has 0 aliphatic heterocycles. The van der Waals surface area contributed by atoms with Gasteiger partial charge in [-0.2, -0.15) is 5.10 Å². The first kappa shape index (κ1) is 21.4. The van der Waals surface area contributed by atoms with Crippen LogP contribution in [0.2, 0.25) is 0 Å². The monoisotopic (exact) mass is 387 g/mol. The maximum Gasteiger partial charge on any atom is 0.170 e. The summed E-state index contributed by atoms with van der Waals surface area (Å²) in [4.78, 5) is 2.42. The van der Waals surface area contributed by atoms with Crippen LogP contribution in [0.15, 0.2) is 24.3 Å². The molecular weight excluding hydrogens is 354 g/mol. The molecule has 6 heteroatoms. The Morgan fingerprint density at radius 1 is 1.15 bits per heavy atom.